The summed E-state index contributed by atoms with van der Waals surface area (Å²) in [4.78, 5) is 21.4. The molecule has 1 aromatic heterocycles. The van der Waals surface area contributed by atoms with Crippen LogP contribution in [0.1, 0.15) is 15.4 Å². The van der Waals surface area contributed by atoms with Crippen molar-refractivity contribution < 1.29 is 9.69 Å². The lowest BCUT2D eigenvalue weighted by atomic mass is 10.0. The maximum absolute atomic E-state index is 13.1. The van der Waals surface area contributed by atoms with E-state index in [-0.39, 0.29) is 5.91 Å². The Bertz CT molecular complexity index is 1110. The number of carbonyl (C=O) groups is 1. The van der Waals surface area contributed by atoms with Crippen LogP contribution < -0.4 is 4.90 Å². The van der Waals surface area contributed by atoms with E-state index < -0.39 is 0 Å². The smallest absolute Gasteiger partial charge is 0.254 e. The quantitative estimate of drug-likeness (QED) is 0.586. The summed E-state index contributed by atoms with van der Waals surface area (Å²) in [6.45, 7) is 4.46. The van der Waals surface area contributed by atoms with Gasteiger partial charge in [-0.15, -0.1) is 11.3 Å². The molecule has 3 aromatic carbocycles. The number of para-hydroxylation sites is 1. The van der Waals surface area contributed by atoms with Crippen LogP contribution in [0, 0.1) is 0 Å². The second-order valence-electron chi connectivity index (χ2n) is 7.32. The zero-order valence-corrected chi connectivity index (χ0v) is 16.4. The molecule has 5 rings (SSSR count). The van der Waals surface area contributed by atoms with Crippen LogP contribution in [-0.2, 0) is 6.54 Å². The van der Waals surface area contributed by atoms with Gasteiger partial charge in [0.2, 0.25) is 0 Å². The van der Waals surface area contributed by atoms with Crippen molar-refractivity contribution in [1.82, 2.24) is 9.88 Å². The van der Waals surface area contributed by atoms with Crippen molar-refractivity contribution in [2.75, 3.05) is 26.2 Å². The third-order valence-electron chi connectivity index (χ3n) is 5.52. The van der Waals surface area contributed by atoms with E-state index >= 15 is 0 Å². The minimum Gasteiger partial charge on any atom is -0.327 e. The van der Waals surface area contributed by atoms with Crippen molar-refractivity contribution in [3.8, 4) is 0 Å². The Labute approximate surface area is 168 Å². The number of aromatic nitrogens is 1. The van der Waals surface area contributed by atoms with Gasteiger partial charge in [0.1, 0.15) is 11.6 Å². The number of quaternary nitrogens is 1. The Balaban J connectivity index is 1.27. The molecule has 0 radical (unpaired) electrons. The van der Waals surface area contributed by atoms with Crippen LogP contribution >= 0.6 is 11.3 Å². The topological polar surface area (TPSA) is 37.6 Å². The second kappa shape index (κ2) is 7.34. The first kappa shape index (κ1) is 17.3. The monoisotopic (exact) mass is 388 g/mol. The van der Waals surface area contributed by atoms with Gasteiger partial charge in [0.05, 0.1) is 36.4 Å². The van der Waals surface area contributed by atoms with Gasteiger partial charge in [0.25, 0.3) is 5.91 Å². The molecule has 140 valence electrons. The van der Waals surface area contributed by atoms with E-state index in [1.54, 1.807) is 11.3 Å². The van der Waals surface area contributed by atoms with Gasteiger partial charge in [0, 0.05) is 5.56 Å². The number of fused-ring (bicyclic) bond motifs is 2. The Kier molecular flexibility index (Phi) is 4.55. The molecular weight excluding hydrogens is 366 g/mol. The Hall–Kier alpha value is -2.76. The fourth-order valence-electron chi connectivity index (χ4n) is 3.99. The molecule has 5 heteroatoms. The van der Waals surface area contributed by atoms with Crippen LogP contribution in [0.4, 0.5) is 0 Å². The Morgan fingerprint density at radius 2 is 1.71 bits per heavy atom. The maximum atomic E-state index is 13.1. The summed E-state index contributed by atoms with van der Waals surface area (Å²) in [6.07, 6.45) is 0. The minimum absolute atomic E-state index is 0.149. The summed E-state index contributed by atoms with van der Waals surface area (Å²) in [5.74, 6) is 0.149. The molecule has 1 fully saturated rings. The fourth-order valence-corrected chi connectivity index (χ4v) is 5.03. The summed E-state index contributed by atoms with van der Waals surface area (Å²) in [7, 11) is 0. The van der Waals surface area contributed by atoms with Crippen molar-refractivity contribution in [1.29, 1.82) is 0 Å². The number of piperazine rings is 1. The first-order valence-electron chi connectivity index (χ1n) is 9.73. The highest BCUT2D eigenvalue weighted by atomic mass is 32.1. The summed E-state index contributed by atoms with van der Waals surface area (Å²) in [5.41, 5.74) is 1.90. The molecule has 0 bridgehead atoms. The molecule has 1 saturated heterocycles. The average molecular weight is 389 g/mol. The molecule has 1 N–H and O–H groups in total. The highest BCUT2D eigenvalue weighted by Crippen LogP contribution is 2.21. The largest absolute Gasteiger partial charge is 0.327 e. The third-order valence-corrected chi connectivity index (χ3v) is 6.55. The van der Waals surface area contributed by atoms with Crippen LogP contribution in [0.2, 0.25) is 0 Å². The highest BCUT2D eigenvalue weighted by Gasteiger charge is 2.26. The summed E-state index contributed by atoms with van der Waals surface area (Å²) in [5, 5.41) is 3.35. The number of hydrogen-bond donors (Lipinski definition) is 1. The van der Waals surface area contributed by atoms with E-state index in [0.717, 1.165) is 54.6 Å². The average Bonchev–Trinajstić information content (AvgIpc) is 3.16. The van der Waals surface area contributed by atoms with Crippen molar-refractivity contribution in [2.45, 2.75) is 6.54 Å². The lowest BCUT2D eigenvalue weighted by Crippen LogP contribution is -3.13. The van der Waals surface area contributed by atoms with E-state index in [4.69, 9.17) is 4.98 Å². The summed E-state index contributed by atoms with van der Waals surface area (Å²) >= 11 is 1.78. The van der Waals surface area contributed by atoms with Crippen LogP contribution in [0.5, 0.6) is 0 Å². The van der Waals surface area contributed by atoms with E-state index in [9.17, 15) is 4.79 Å². The number of nitrogens with one attached hydrogen (secondary N) is 1. The molecule has 0 spiro atoms. The standard InChI is InChI=1S/C23H21N3OS/c27-23(19-9-5-7-17-6-1-2-8-18(17)19)26-14-12-25(13-15-26)16-22-24-20-10-3-4-11-21(20)28-22/h1-11H,12-16H2/p+1. The van der Waals surface area contributed by atoms with E-state index in [1.807, 2.05) is 41.3 Å². The number of carbonyl (C=O) groups excluding carboxylic acids is 1. The van der Waals surface area contributed by atoms with Crippen LogP contribution in [0.15, 0.2) is 66.7 Å². The van der Waals surface area contributed by atoms with Gasteiger partial charge in [-0.05, 0) is 29.0 Å². The molecular formula is C23H22N3OS+. The summed E-state index contributed by atoms with van der Waals surface area (Å²) in [6, 6.07) is 22.4. The van der Waals surface area contributed by atoms with Crippen LogP contribution in [0.3, 0.4) is 0 Å². The number of nitrogens with zero attached hydrogens (tertiary/aromatic N) is 2. The molecule has 0 unspecified atom stereocenters. The van der Waals surface area contributed by atoms with E-state index in [0.29, 0.717) is 0 Å². The zero-order chi connectivity index (χ0) is 18.9. The van der Waals surface area contributed by atoms with Gasteiger partial charge in [-0.1, -0.05) is 48.5 Å². The van der Waals surface area contributed by atoms with Gasteiger partial charge in [-0.25, -0.2) is 4.98 Å². The lowest BCUT2D eigenvalue weighted by molar-refractivity contribution is -0.917. The molecule has 1 amide bonds. The van der Waals surface area contributed by atoms with Gasteiger partial charge in [0.15, 0.2) is 0 Å². The molecule has 4 nitrogen and oxygen atoms in total. The normalized spacial score (nSPS) is 15.4. The molecule has 0 aliphatic carbocycles. The maximum Gasteiger partial charge on any atom is 0.254 e. The van der Waals surface area contributed by atoms with Crippen LogP contribution in [-0.4, -0.2) is 42.0 Å². The fraction of sp³-hybridized carbons (Fsp3) is 0.217. The van der Waals surface area contributed by atoms with Gasteiger partial charge >= 0.3 is 0 Å². The molecule has 1 aliphatic rings. The first-order valence-corrected chi connectivity index (χ1v) is 10.5. The van der Waals surface area contributed by atoms with E-state index in [2.05, 4.69) is 30.3 Å². The predicted octanol–water partition coefficient (Wildman–Crippen LogP) is 2.99. The number of hydrogen-bond acceptors (Lipinski definition) is 3. The molecule has 0 atom stereocenters. The number of thiazole rings is 1. The van der Waals surface area contributed by atoms with Crippen LogP contribution in [0.25, 0.3) is 21.0 Å². The first-order chi connectivity index (χ1) is 13.8. The molecule has 4 aromatic rings. The van der Waals surface area contributed by atoms with Crippen molar-refractivity contribution in [2.24, 2.45) is 0 Å². The molecule has 1 aliphatic heterocycles. The lowest BCUT2D eigenvalue weighted by Gasteiger charge is -2.32. The molecule has 0 saturated carbocycles. The molecule has 2 heterocycles. The highest BCUT2D eigenvalue weighted by molar-refractivity contribution is 7.18. The Morgan fingerprint density at radius 1 is 0.964 bits per heavy atom. The zero-order valence-electron chi connectivity index (χ0n) is 15.6. The van der Waals surface area contributed by atoms with Gasteiger partial charge < -0.3 is 9.80 Å². The number of rotatable bonds is 3. The SMILES string of the molecule is O=C(c1cccc2ccccc12)N1CC[NH+](Cc2nc3ccccc3s2)CC1. The van der Waals surface area contributed by atoms with Crippen molar-refractivity contribution in [3.63, 3.8) is 0 Å². The van der Waals surface area contributed by atoms with Gasteiger partial charge in [-0.2, -0.15) is 0 Å². The Morgan fingerprint density at radius 3 is 2.57 bits per heavy atom. The number of amides is 1. The third kappa shape index (κ3) is 3.28. The van der Waals surface area contributed by atoms with Crippen molar-refractivity contribution >= 4 is 38.2 Å². The number of benzene rings is 3. The predicted molar refractivity (Wildman–Crippen MR) is 114 cm³/mol. The second-order valence-corrected chi connectivity index (χ2v) is 8.44. The van der Waals surface area contributed by atoms with Gasteiger partial charge in [-0.3, -0.25) is 4.79 Å². The summed E-state index contributed by atoms with van der Waals surface area (Å²) < 4.78 is 1.25. The minimum atomic E-state index is 0.149. The van der Waals surface area contributed by atoms with E-state index in [1.165, 1.54) is 14.6 Å². The van der Waals surface area contributed by atoms with Crippen molar-refractivity contribution in [3.05, 3.63) is 77.3 Å². The molecule has 28 heavy (non-hydrogen) atoms.